The van der Waals surface area contributed by atoms with Gasteiger partial charge in [0.25, 0.3) is 5.91 Å². The lowest BCUT2D eigenvalue weighted by Crippen LogP contribution is -2.60. The third-order valence-corrected chi connectivity index (χ3v) is 11.3. The first-order valence-corrected chi connectivity index (χ1v) is 19.4. The van der Waals surface area contributed by atoms with Gasteiger partial charge in [0.05, 0.1) is 28.7 Å². The Hall–Kier alpha value is -5.14. The average molecular weight is 810 g/mol. The molecule has 2 aliphatic carbocycles. The van der Waals surface area contributed by atoms with Crippen molar-refractivity contribution in [3.63, 3.8) is 0 Å². The second-order valence-corrected chi connectivity index (χ2v) is 18.2. The molecule has 2 unspecified atom stereocenters. The van der Waals surface area contributed by atoms with E-state index in [0.717, 1.165) is 17.0 Å². The van der Waals surface area contributed by atoms with Crippen molar-refractivity contribution in [2.45, 2.75) is 108 Å². The fourth-order valence-electron chi connectivity index (χ4n) is 6.35. The maximum Gasteiger partial charge on any atom is 0.416 e. The molecule has 0 spiro atoms. The van der Waals surface area contributed by atoms with E-state index in [2.05, 4.69) is 32.4 Å². The summed E-state index contributed by atoms with van der Waals surface area (Å²) in [5.74, 6) is -3.30. The lowest BCUT2D eigenvalue weighted by Gasteiger charge is -2.36. The largest absolute Gasteiger partial charge is 0.444 e. The van der Waals surface area contributed by atoms with E-state index >= 15 is 0 Å². The van der Waals surface area contributed by atoms with E-state index in [-0.39, 0.29) is 24.2 Å². The molecule has 20 heteroatoms. The summed E-state index contributed by atoms with van der Waals surface area (Å²) in [4.78, 5) is 69.2. The average Bonchev–Trinajstić information content (AvgIpc) is 3.94. The zero-order valence-corrected chi connectivity index (χ0v) is 32.5. The van der Waals surface area contributed by atoms with E-state index in [0.29, 0.717) is 18.9 Å². The van der Waals surface area contributed by atoms with E-state index in [4.69, 9.17) is 9.47 Å². The van der Waals surface area contributed by atoms with Gasteiger partial charge < -0.3 is 25.0 Å². The van der Waals surface area contributed by atoms with E-state index in [1.165, 1.54) is 29.2 Å². The van der Waals surface area contributed by atoms with Gasteiger partial charge in [-0.2, -0.15) is 18.3 Å². The number of alkyl halides is 3. The number of hydrogen-bond acceptors (Lipinski definition) is 10. The van der Waals surface area contributed by atoms with Crippen molar-refractivity contribution >= 4 is 45.6 Å². The van der Waals surface area contributed by atoms with Crippen LogP contribution in [0.2, 0.25) is 0 Å². The molecule has 5 rings (SSSR count). The number of sulfonamides is 1. The molecule has 2 saturated carbocycles. The van der Waals surface area contributed by atoms with E-state index < -0.39 is 104 Å². The number of carbonyl (C=O) groups excluding carboxylic acids is 5. The van der Waals surface area contributed by atoms with Crippen LogP contribution in [-0.2, 0) is 40.1 Å². The first-order valence-electron chi connectivity index (χ1n) is 17.8. The smallest absolute Gasteiger partial charge is 0.416 e. The van der Waals surface area contributed by atoms with Gasteiger partial charge in [0.2, 0.25) is 21.8 Å². The summed E-state index contributed by atoms with van der Waals surface area (Å²) in [6, 6.07) is 1.42. The minimum Gasteiger partial charge on any atom is -0.444 e. The highest BCUT2D eigenvalue weighted by molar-refractivity contribution is 7.91. The van der Waals surface area contributed by atoms with Gasteiger partial charge in [0.15, 0.2) is 0 Å². The second kappa shape index (κ2) is 15.1. The Morgan fingerprint density at radius 3 is 2.27 bits per heavy atom. The molecule has 0 radical (unpaired) electrons. The van der Waals surface area contributed by atoms with Crippen LogP contribution in [0.3, 0.4) is 0 Å². The minimum absolute atomic E-state index is 0.0116. The molecule has 5 amide bonds. The number of nitrogens with one attached hydrogen (secondary N) is 4. The standard InChI is InChI=1S/C36H46F3N7O9S/c1-8-20-18-35(20,30(49)44-56(52,53)23-11-12-23)43-28(47)26-17-22(19-45(26)29(48)27(33(2,3)4)42-32(51)55-34(5,6)7)54-31(50)41-24-16-21(36(37,38)39)10-13-25(24)46-15-9-14-40-46/h8-10,13-16,20,22-23,26-27H,1,11-12,17-19H2,2-7H3,(H,41,50)(H,42,51)(H,43,47)(H,44,49)/t20?,22-,26+,27-,35?/m1/s1. The fraction of sp³-hybridized carbons (Fsp3) is 0.556. The van der Waals surface area contributed by atoms with Crippen molar-refractivity contribution in [3.8, 4) is 5.69 Å². The quantitative estimate of drug-likeness (QED) is 0.240. The Morgan fingerprint density at radius 2 is 1.73 bits per heavy atom. The molecule has 2 heterocycles. The lowest BCUT2D eigenvalue weighted by molar-refractivity contribution is -0.143. The Kier molecular flexibility index (Phi) is 11.3. The number of halogens is 3. The number of likely N-dealkylation sites (tertiary alicyclic amines) is 1. The number of carbonyl (C=O) groups is 5. The van der Waals surface area contributed by atoms with Gasteiger partial charge in [-0.15, -0.1) is 6.58 Å². The molecular weight excluding hydrogens is 763 g/mol. The van der Waals surface area contributed by atoms with Crippen LogP contribution in [-0.4, -0.2) is 94.1 Å². The lowest BCUT2D eigenvalue weighted by atomic mass is 9.85. The first kappa shape index (κ1) is 42.0. The van der Waals surface area contributed by atoms with Crippen molar-refractivity contribution in [2.24, 2.45) is 11.3 Å². The van der Waals surface area contributed by atoms with Crippen LogP contribution in [0.5, 0.6) is 0 Å². The number of anilines is 1. The molecule has 1 saturated heterocycles. The predicted molar refractivity (Wildman–Crippen MR) is 194 cm³/mol. The number of amides is 5. The Balaban J connectivity index is 1.42. The van der Waals surface area contributed by atoms with Gasteiger partial charge in [0, 0.05) is 24.7 Å². The van der Waals surface area contributed by atoms with Crippen molar-refractivity contribution in [1.82, 2.24) is 30.0 Å². The molecule has 1 aromatic carbocycles. The molecule has 5 atom stereocenters. The summed E-state index contributed by atoms with van der Waals surface area (Å²) >= 11 is 0. The predicted octanol–water partition coefficient (Wildman–Crippen LogP) is 4.02. The van der Waals surface area contributed by atoms with Crippen LogP contribution in [0.1, 0.15) is 72.8 Å². The van der Waals surface area contributed by atoms with Crippen LogP contribution in [0.25, 0.3) is 5.69 Å². The van der Waals surface area contributed by atoms with Gasteiger partial charge in [-0.25, -0.2) is 22.7 Å². The van der Waals surface area contributed by atoms with Gasteiger partial charge in [-0.1, -0.05) is 26.8 Å². The zero-order valence-electron chi connectivity index (χ0n) is 31.7. The Labute approximate surface area is 321 Å². The second-order valence-electron chi connectivity index (χ2n) is 16.2. The van der Waals surface area contributed by atoms with Crippen molar-refractivity contribution in [1.29, 1.82) is 0 Å². The van der Waals surface area contributed by atoms with Gasteiger partial charge in [-0.3, -0.25) is 24.4 Å². The van der Waals surface area contributed by atoms with Crippen LogP contribution < -0.4 is 20.7 Å². The number of hydrogen-bond donors (Lipinski definition) is 4. The van der Waals surface area contributed by atoms with Crippen LogP contribution >= 0.6 is 0 Å². The molecule has 3 fully saturated rings. The summed E-state index contributed by atoms with van der Waals surface area (Å²) in [6.45, 7) is 13.1. The van der Waals surface area contributed by atoms with Gasteiger partial charge in [0.1, 0.15) is 29.3 Å². The fourth-order valence-corrected chi connectivity index (χ4v) is 7.71. The molecule has 1 aliphatic heterocycles. The van der Waals surface area contributed by atoms with Crippen LogP contribution in [0, 0.1) is 11.3 Å². The summed E-state index contributed by atoms with van der Waals surface area (Å²) in [6.07, 6.45) is -3.48. The molecule has 306 valence electrons. The number of ether oxygens (including phenoxy) is 2. The maximum atomic E-state index is 14.4. The van der Waals surface area contributed by atoms with E-state index in [9.17, 15) is 45.6 Å². The molecule has 2 aromatic rings. The SMILES string of the molecule is C=CC1CC1(NC(=O)[C@@H]1C[C@@H](OC(=O)Nc2cc(C(F)(F)F)ccc2-n2cccn2)CN1C(=O)[C@@H](NC(=O)OC(C)(C)C)C(C)(C)C)C(=O)NS(=O)(=O)C1CC1. The Morgan fingerprint density at radius 1 is 1.05 bits per heavy atom. The highest BCUT2D eigenvalue weighted by Crippen LogP contribution is 2.45. The molecule has 56 heavy (non-hydrogen) atoms. The summed E-state index contributed by atoms with van der Waals surface area (Å²) in [5, 5.41) is 10.8. The number of rotatable bonds is 11. The monoisotopic (exact) mass is 809 g/mol. The molecule has 16 nitrogen and oxygen atoms in total. The third kappa shape index (κ3) is 9.62. The maximum absolute atomic E-state index is 14.4. The van der Waals surface area contributed by atoms with Crippen molar-refractivity contribution in [2.75, 3.05) is 11.9 Å². The minimum atomic E-state index is -4.75. The van der Waals surface area contributed by atoms with Crippen LogP contribution in [0.15, 0.2) is 49.3 Å². The zero-order chi connectivity index (χ0) is 41.6. The number of nitrogens with zero attached hydrogens (tertiary/aromatic N) is 3. The van der Waals surface area contributed by atoms with Crippen LogP contribution in [0.4, 0.5) is 28.4 Å². The molecule has 1 aromatic heterocycles. The topological polar surface area (TPSA) is 207 Å². The van der Waals surface area contributed by atoms with Crippen molar-refractivity contribution < 1.29 is 55.0 Å². The first-order chi connectivity index (χ1) is 25.8. The molecular formula is C36H46F3N7O9S. The van der Waals surface area contributed by atoms with Gasteiger partial charge >= 0.3 is 18.4 Å². The number of alkyl carbamates (subject to hydrolysis) is 1. The molecule has 3 aliphatic rings. The summed E-state index contributed by atoms with van der Waals surface area (Å²) < 4.78 is 80.5. The summed E-state index contributed by atoms with van der Waals surface area (Å²) in [7, 11) is -4.00. The summed E-state index contributed by atoms with van der Waals surface area (Å²) in [5.41, 5.74) is -4.90. The Bertz CT molecular complexity index is 1990. The molecule has 0 bridgehead atoms. The van der Waals surface area contributed by atoms with E-state index in [1.54, 1.807) is 41.5 Å². The van der Waals surface area contributed by atoms with E-state index in [1.807, 2.05) is 0 Å². The number of aromatic nitrogens is 2. The van der Waals surface area contributed by atoms with Crippen molar-refractivity contribution in [3.05, 3.63) is 54.9 Å². The molecule has 4 N–H and O–H groups in total. The normalized spacial score (nSPS) is 23.0. The third-order valence-electron chi connectivity index (χ3n) is 9.46. The highest BCUT2D eigenvalue weighted by atomic mass is 32.2. The highest BCUT2D eigenvalue weighted by Gasteiger charge is 2.62. The van der Waals surface area contributed by atoms with Gasteiger partial charge in [-0.05, 0) is 69.7 Å². The number of benzene rings is 1.